The van der Waals surface area contributed by atoms with Crippen LogP contribution >= 0.6 is 0 Å². The molecule has 0 N–H and O–H groups in total. The summed E-state index contributed by atoms with van der Waals surface area (Å²) in [6.07, 6.45) is 0. The second kappa shape index (κ2) is 5.64. The predicted octanol–water partition coefficient (Wildman–Crippen LogP) is 4.45. The van der Waals surface area contributed by atoms with Gasteiger partial charge in [-0.15, -0.1) is 0 Å². The molecule has 0 fully saturated rings. The molecule has 0 radical (unpaired) electrons. The molecular weight excluding hydrogens is 286 g/mol. The van der Waals surface area contributed by atoms with E-state index in [2.05, 4.69) is 4.85 Å². The monoisotopic (exact) mass is 303 g/mol. The molecule has 1 heterocycles. The first-order valence-corrected chi connectivity index (χ1v) is 7.21. The highest BCUT2D eigenvalue weighted by molar-refractivity contribution is 5.57. The maximum Gasteiger partial charge on any atom is 0.234 e. The van der Waals surface area contributed by atoms with Crippen LogP contribution in [0.2, 0.25) is 0 Å². The van der Waals surface area contributed by atoms with E-state index < -0.39 is 5.60 Å². The van der Waals surface area contributed by atoms with E-state index >= 15 is 0 Å². The lowest BCUT2D eigenvalue weighted by atomic mass is 9.74. The van der Waals surface area contributed by atoms with Gasteiger partial charge in [-0.2, -0.15) is 10.5 Å². The van der Waals surface area contributed by atoms with Crippen molar-refractivity contribution in [2.45, 2.75) is 33.3 Å². The van der Waals surface area contributed by atoms with Crippen molar-refractivity contribution in [3.05, 3.63) is 69.9 Å². The first kappa shape index (κ1) is 16.3. The Morgan fingerprint density at radius 2 is 1.74 bits per heavy atom. The Hall–Kier alpha value is -3.03. The van der Waals surface area contributed by atoms with Crippen LogP contribution in [0, 0.1) is 34.6 Å². The number of benzene rings is 1. The highest BCUT2D eigenvalue weighted by Gasteiger charge is 2.48. The molecule has 1 aliphatic rings. The maximum absolute atomic E-state index is 9.19. The average molecular weight is 303 g/mol. The Morgan fingerprint density at radius 1 is 1.17 bits per heavy atom. The molecule has 0 amide bonds. The molecule has 1 unspecified atom stereocenters. The van der Waals surface area contributed by atoms with Crippen molar-refractivity contribution < 1.29 is 4.74 Å². The molecule has 1 aromatic rings. The Bertz CT molecular complexity index is 805. The Kier molecular flexibility index (Phi) is 4.00. The molecule has 1 atom stereocenters. The maximum atomic E-state index is 9.19. The summed E-state index contributed by atoms with van der Waals surface area (Å²) < 4.78 is 6.07. The topological polar surface area (TPSA) is 61.2 Å². The lowest BCUT2D eigenvalue weighted by Gasteiger charge is -2.35. The molecule has 114 valence electrons. The summed E-state index contributed by atoms with van der Waals surface area (Å²) in [5, 5.41) is 18.4. The minimum absolute atomic E-state index is 0.0845. The van der Waals surface area contributed by atoms with Crippen LogP contribution in [0.5, 0.6) is 0 Å². The van der Waals surface area contributed by atoms with E-state index in [9.17, 15) is 10.5 Å². The van der Waals surface area contributed by atoms with E-state index in [1.54, 1.807) is 0 Å². The van der Waals surface area contributed by atoms with Gasteiger partial charge in [-0.3, -0.25) is 0 Å². The van der Waals surface area contributed by atoms with Crippen LogP contribution in [0.25, 0.3) is 4.85 Å². The van der Waals surface area contributed by atoms with E-state index in [1.807, 2.05) is 70.2 Å². The molecule has 0 bridgehead atoms. The zero-order valence-corrected chi connectivity index (χ0v) is 13.6. The van der Waals surface area contributed by atoms with Gasteiger partial charge >= 0.3 is 0 Å². The molecule has 0 spiro atoms. The molecule has 23 heavy (non-hydrogen) atoms. The zero-order chi connectivity index (χ0) is 17.3. The average Bonchev–Trinajstić information content (AvgIpc) is 2.83. The molecule has 1 aromatic carbocycles. The molecule has 0 aliphatic carbocycles. The fourth-order valence-electron chi connectivity index (χ4n) is 3.08. The summed E-state index contributed by atoms with van der Waals surface area (Å²) in [4.78, 5) is 3.60. The number of hydrogen-bond donors (Lipinski definition) is 0. The van der Waals surface area contributed by atoms with Crippen molar-refractivity contribution in [1.82, 2.24) is 0 Å². The predicted molar refractivity (Wildman–Crippen MR) is 86.2 cm³/mol. The van der Waals surface area contributed by atoms with E-state index in [0.29, 0.717) is 0 Å². The van der Waals surface area contributed by atoms with Crippen LogP contribution in [-0.4, -0.2) is 0 Å². The van der Waals surface area contributed by atoms with E-state index in [1.165, 1.54) is 0 Å². The SMILES string of the molecule is [C-]#[N+]C1=C(C(C)(C)C)C(C)(c2ccccc2)OC1=C(C#N)C#N. The number of rotatable bonds is 1. The van der Waals surface area contributed by atoms with Gasteiger partial charge in [-0.05, 0) is 23.5 Å². The first-order valence-electron chi connectivity index (χ1n) is 7.21. The molecular formula is C19H17N3O. The summed E-state index contributed by atoms with van der Waals surface area (Å²) in [6, 6.07) is 13.2. The fraction of sp³-hybridized carbons (Fsp3) is 0.316. The Labute approximate surface area is 136 Å². The Balaban J connectivity index is 2.86. The molecule has 2 rings (SSSR count). The van der Waals surface area contributed by atoms with Crippen molar-refractivity contribution in [3.63, 3.8) is 0 Å². The number of nitriles is 2. The highest BCUT2D eigenvalue weighted by atomic mass is 16.5. The standard InChI is InChI=1S/C19H17N3O/c1-18(2,3)17-15(22-5)16(13(11-20)12-21)23-19(17,4)14-9-7-6-8-10-14/h6-10H,1-4H3. The van der Waals surface area contributed by atoms with Gasteiger partial charge in [0.25, 0.3) is 0 Å². The summed E-state index contributed by atoms with van der Waals surface area (Å²) in [6.45, 7) is 15.4. The third-order valence-electron chi connectivity index (χ3n) is 3.87. The number of ether oxygens (including phenoxy) is 1. The summed E-state index contributed by atoms with van der Waals surface area (Å²) in [7, 11) is 0. The van der Waals surface area contributed by atoms with Gasteiger partial charge in [0.05, 0.1) is 6.57 Å². The largest absolute Gasteiger partial charge is 0.489 e. The summed E-state index contributed by atoms with van der Waals surface area (Å²) in [5.74, 6) is 0.0845. The second-order valence-corrected chi connectivity index (χ2v) is 6.51. The van der Waals surface area contributed by atoms with Gasteiger partial charge in [-0.25, -0.2) is 4.85 Å². The molecule has 1 aliphatic heterocycles. The van der Waals surface area contributed by atoms with Crippen molar-refractivity contribution in [2.24, 2.45) is 5.41 Å². The van der Waals surface area contributed by atoms with Crippen molar-refractivity contribution in [2.75, 3.05) is 0 Å². The van der Waals surface area contributed by atoms with Crippen molar-refractivity contribution >= 4 is 0 Å². The fourth-order valence-corrected chi connectivity index (χ4v) is 3.08. The van der Waals surface area contributed by atoms with Crippen LogP contribution in [-0.2, 0) is 10.3 Å². The lowest BCUT2D eigenvalue weighted by Crippen LogP contribution is -2.30. The molecule has 4 nitrogen and oxygen atoms in total. The summed E-state index contributed by atoms with van der Waals surface area (Å²) in [5.41, 5.74) is 0.524. The number of hydrogen-bond acceptors (Lipinski definition) is 3. The van der Waals surface area contributed by atoms with Crippen LogP contribution < -0.4 is 0 Å². The van der Waals surface area contributed by atoms with Gasteiger partial charge in [-0.1, -0.05) is 51.1 Å². The van der Waals surface area contributed by atoms with Crippen molar-refractivity contribution in [3.8, 4) is 12.1 Å². The molecule has 0 aromatic heterocycles. The third kappa shape index (κ3) is 2.59. The minimum atomic E-state index is -0.881. The van der Waals surface area contributed by atoms with Crippen LogP contribution in [0.1, 0.15) is 33.3 Å². The highest BCUT2D eigenvalue weighted by Crippen LogP contribution is 2.53. The van der Waals surface area contributed by atoms with Gasteiger partial charge in [0.15, 0.2) is 11.3 Å². The Morgan fingerprint density at radius 3 is 2.17 bits per heavy atom. The van der Waals surface area contributed by atoms with Gasteiger partial charge in [0.2, 0.25) is 5.70 Å². The summed E-state index contributed by atoms with van der Waals surface area (Å²) >= 11 is 0. The van der Waals surface area contributed by atoms with E-state index in [0.717, 1.165) is 11.1 Å². The normalized spacial score (nSPS) is 20.3. The molecule has 4 heteroatoms. The minimum Gasteiger partial charge on any atom is -0.489 e. The van der Waals surface area contributed by atoms with Crippen LogP contribution in [0.4, 0.5) is 0 Å². The second-order valence-electron chi connectivity index (χ2n) is 6.51. The van der Waals surface area contributed by atoms with Gasteiger partial charge in [0.1, 0.15) is 17.7 Å². The molecule has 0 saturated carbocycles. The number of allylic oxidation sites excluding steroid dienone is 1. The van der Waals surface area contributed by atoms with Crippen LogP contribution in [0.15, 0.2) is 52.9 Å². The smallest absolute Gasteiger partial charge is 0.234 e. The first-order chi connectivity index (χ1) is 10.8. The number of nitrogens with zero attached hydrogens (tertiary/aromatic N) is 3. The molecule has 0 saturated heterocycles. The zero-order valence-electron chi connectivity index (χ0n) is 13.6. The van der Waals surface area contributed by atoms with Gasteiger partial charge in [0, 0.05) is 0 Å². The quantitative estimate of drug-likeness (QED) is 0.568. The van der Waals surface area contributed by atoms with Crippen LogP contribution in [0.3, 0.4) is 0 Å². The van der Waals surface area contributed by atoms with Crippen molar-refractivity contribution in [1.29, 1.82) is 10.5 Å². The van der Waals surface area contributed by atoms with E-state index in [-0.39, 0.29) is 22.4 Å². The van der Waals surface area contributed by atoms with E-state index in [4.69, 9.17) is 11.3 Å². The van der Waals surface area contributed by atoms with Gasteiger partial charge < -0.3 is 4.74 Å². The third-order valence-corrected chi connectivity index (χ3v) is 3.87. The lowest BCUT2D eigenvalue weighted by molar-refractivity contribution is 0.0585.